The van der Waals surface area contributed by atoms with Crippen molar-refractivity contribution in [2.75, 3.05) is 0 Å². The quantitative estimate of drug-likeness (QED) is 0.477. The summed E-state index contributed by atoms with van der Waals surface area (Å²) in [4.78, 5) is 0. The van der Waals surface area contributed by atoms with Crippen molar-refractivity contribution >= 4 is 45.3 Å². The van der Waals surface area contributed by atoms with Gasteiger partial charge in [-0.3, -0.25) is 0 Å². The normalized spacial score (nSPS) is 11.5. The van der Waals surface area contributed by atoms with Gasteiger partial charge in [-0.25, -0.2) is 0 Å². The first kappa shape index (κ1) is 15.2. The van der Waals surface area contributed by atoms with Crippen molar-refractivity contribution in [2.24, 2.45) is 0 Å². The first-order valence-corrected chi connectivity index (χ1v) is 8.51. The zero-order valence-electron chi connectivity index (χ0n) is 13.9. The van der Waals surface area contributed by atoms with Crippen LogP contribution in [0.5, 0.6) is 0 Å². The molecule has 26 heavy (non-hydrogen) atoms. The molecule has 0 amide bonds. The molecule has 1 heterocycles. The fourth-order valence-corrected chi connectivity index (χ4v) is 3.58. The Hall–Kier alpha value is -3.08. The van der Waals surface area contributed by atoms with Crippen molar-refractivity contribution in [2.45, 2.75) is 0 Å². The van der Waals surface area contributed by atoms with Crippen LogP contribution in [0.4, 0.5) is 0 Å². The van der Waals surface area contributed by atoms with Crippen LogP contribution in [-0.4, -0.2) is 17.2 Å². The Morgan fingerprint density at radius 2 is 1.42 bits per heavy atom. The van der Waals surface area contributed by atoms with Crippen LogP contribution < -0.4 is 5.46 Å². The molecule has 0 aliphatic rings. The molecule has 0 radical (unpaired) electrons. The second kappa shape index (κ2) is 5.73. The SMILES string of the molecule is OB(O)c1ccc2ccc3oc4ccc(-c5ccccc5)cc4c3c2c1. The Kier molecular flexibility index (Phi) is 3.35. The molecule has 1 aromatic heterocycles. The Labute approximate surface area is 150 Å². The molecule has 5 rings (SSSR count). The van der Waals surface area contributed by atoms with E-state index in [4.69, 9.17) is 4.42 Å². The lowest BCUT2D eigenvalue weighted by atomic mass is 9.79. The first-order chi connectivity index (χ1) is 12.7. The molecular weight excluding hydrogens is 323 g/mol. The van der Waals surface area contributed by atoms with Gasteiger partial charge in [0.1, 0.15) is 11.2 Å². The number of hydrogen-bond donors (Lipinski definition) is 2. The van der Waals surface area contributed by atoms with Crippen LogP contribution in [0.15, 0.2) is 83.3 Å². The maximum Gasteiger partial charge on any atom is 0.488 e. The van der Waals surface area contributed by atoms with Gasteiger partial charge < -0.3 is 14.5 Å². The van der Waals surface area contributed by atoms with E-state index in [0.29, 0.717) is 5.46 Å². The molecule has 2 N–H and O–H groups in total. The van der Waals surface area contributed by atoms with Gasteiger partial charge in [-0.2, -0.15) is 0 Å². The Morgan fingerprint density at radius 3 is 2.23 bits per heavy atom. The van der Waals surface area contributed by atoms with Gasteiger partial charge in [0, 0.05) is 10.8 Å². The van der Waals surface area contributed by atoms with E-state index >= 15 is 0 Å². The molecule has 0 saturated carbocycles. The minimum absolute atomic E-state index is 0.471. The van der Waals surface area contributed by atoms with Crippen molar-refractivity contribution in [3.05, 3.63) is 78.9 Å². The van der Waals surface area contributed by atoms with Gasteiger partial charge in [-0.05, 0) is 45.6 Å². The van der Waals surface area contributed by atoms with Crippen molar-refractivity contribution in [1.82, 2.24) is 0 Å². The summed E-state index contributed by atoms with van der Waals surface area (Å²) in [5.41, 5.74) is 4.36. The highest BCUT2D eigenvalue weighted by molar-refractivity contribution is 6.59. The molecule has 0 aliphatic carbocycles. The largest absolute Gasteiger partial charge is 0.488 e. The molecule has 0 aliphatic heterocycles. The average molecular weight is 338 g/mol. The molecule has 0 bridgehead atoms. The van der Waals surface area contributed by atoms with Crippen LogP contribution in [0.1, 0.15) is 0 Å². The van der Waals surface area contributed by atoms with E-state index in [2.05, 4.69) is 24.3 Å². The maximum absolute atomic E-state index is 9.54. The highest BCUT2D eigenvalue weighted by atomic mass is 16.4. The molecule has 5 aromatic rings. The van der Waals surface area contributed by atoms with Gasteiger partial charge in [0.25, 0.3) is 0 Å². The molecule has 124 valence electrons. The highest BCUT2D eigenvalue weighted by Crippen LogP contribution is 2.36. The van der Waals surface area contributed by atoms with E-state index in [1.807, 2.05) is 48.5 Å². The number of rotatable bonds is 2. The fourth-order valence-electron chi connectivity index (χ4n) is 3.58. The van der Waals surface area contributed by atoms with Gasteiger partial charge >= 0.3 is 7.12 Å². The summed E-state index contributed by atoms with van der Waals surface area (Å²) in [5, 5.41) is 23.1. The molecule has 3 nitrogen and oxygen atoms in total. The van der Waals surface area contributed by atoms with E-state index in [-0.39, 0.29) is 0 Å². The Balaban J connectivity index is 1.87. The van der Waals surface area contributed by atoms with Crippen molar-refractivity contribution < 1.29 is 14.5 Å². The lowest BCUT2D eigenvalue weighted by Gasteiger charge is -2.05. The Bertz CT molecular complexity index is 1260. The molecule has 0 unspecified atom stereocenters. The number of benzene rings is 4. The van der Waals surface area contributed by atoms with E-state index in [9.17, 15) is 10.0 Å². The van der Waals surface area contributed by atoms with E-state index < -0.39 is 7.12 Å². The van der Waals surface area contributed by atoms with Crippen LogP contribution in [0, 0.1) is 0 Å². The lowest BCUT2D eigenvalue weighted by Crippen LogP contribution is -2.29. The van der Waals surface area contributed by atoms with Gasteiger partial charge in [0.05, 0.1) is 0 Å². The Morgan fingerprint density at radius 1 is 0.654 bits per heavy atom. The van der Waals surface area contributed by atoms with Crippen LogP contribution >= 0.6 is 0 Å². The molecule has 0 saturated heterocycles. The summed E-state index contributed by atoms with van der Waals surface area (Å²) in [6, 6.07) is 25.8. The first-order valence-electron chi connectivity index (χ1n) is 8.51. The second-order valence-corrected chi connectivity index (χ2v) is 6.47. The van der Waals surface area contributed by atoms with Gasteiger partial charge in [0.2, 0.25) is 0 Å². The van der Waals surface area contributed by atoms with Gasteiger partial charge in [-0.15, -0.1) is 0 Å². The van der Waals surface area contributed by atoms with Crippen molar-refractivity contribution in [1.29, 1.82) is 0 Å². The van der Waals surface area contributed by atoms with Crippen LogP contribution in [0.25, 0.3) is 43.8 Å². The topological polar surface area (TPSA) is 53.6 Å². The molecular formula is C22H15BO3. The summed E-state index contributed by atoms with van der Waals surface area (Å²) < 4.78 is 6.03. The lowest BCUT2D eigenvalue weighted by molar-refractivity contribution is 0.426. The minimum atomic E-state index is -1.49. The van der Waals surface area contributed by atoms with E-state index in [1.165, 1.54) is 0 Å². The molecule has 4 aromatic carbocycles. The zero-order chi connectivity index (χ0) is 17.7. The van der Waals surface area contributed by atoms with E-state index in [1.54, 1.807) is 6.07 Å². The van der Waals surface area contributed by atoms with Crippen LogP contribution in [0.3, 0.4) is 0 Å². The maximum atomic E-state index is 9.54. The average Bonchev–Trinajstić information content (AvgIpc) is 3.06. The predicted octanol–water partition coefficient (Wildman–Crippen LogP) is 4.09. The molecule has 0 spiro atoms. The third kappa shape index (κ3) is 2.31. The summed E-state index contributed by atoms with van der Waals surface area (Å²) >= 11 is 0. The third-order valence-corrected chi connectivity index (χ3v) is 4.88. The third-order valence-electron chi connectivity index (χ3n) is 4.88. The molecule has 0 atom stereocenters. The number of furan rings is 1. The smallest absolute Gasteiger partial charge is 0.456 e. The van der Waals surface area contributed by atoms with Crippen molar-refractivity contribution in [3.63, 3.8) is 0 Å². The van der Waals surface area contributed by atoms with E-state index in [0.717, 1.165) is 43.8 Å². The second-order valence-electron chi connectivity index (χ2n) is 6.47. The number of fused-ring (bicyclic) bond motifs is 5. The highest BCUT2D eigenvalue weighted by Gasteiger charge is 2.15. The monoisotopic (exact) mass is 338 g/mol. The number of hydrogen-bond acceptors (Lipinski definition) is 3. The predicted molar refractivity (Wildman–Crippen MR) is 106 cm³/mol. The summed E-state index contributed by atoms with van der Waals surface area (Å²) in [5.74, 6) is 0. The fraction of sp³-hybridized carbons (Fsp3) is 0. The minimum Gasteiger partial charge on any atom is -0.456 e. The van der Waals surface area contributed by atoms with Gasteiger partial charge in [0.15, 0.2) is 0 Å². The van der Waals surface area contributed by atoms with Gasteiger partial charge in [-0.1, -0.05) is 60.7 Å². The van der Waals surface area contributed by atoms with Crippen LogP contribution in [0.2, 0.25) is 0 Å². The molecule has 4 heteroatoms. The van der Waals surface area contributed by atoms with Crippen molar-refractivity contribution in [3.8, 4) is 11.1 Å². The zero-order valence-corrected chi connectivity index (χ0v) is 13.9. The summed E-state index contributed by atoms with van der Waals surface area (Å²) in [6.45, 7) is 0. The molecule has 0 fully saturated rings. The summed E-state index contributed by atoms with van der Waals surface area (Å²) in [7, 11) is -1.49. The summed E-state index contributed by atoms with van der Waals surface area (Å²) in [6.07, 6.45) is 0. The van der Waals surface area contributed by atoms with Crippen LogP contribution in [-0.2, 0) is 0 Å². The standard InChI is InChI=1S/C22H15BO3/c24-23(25)17-9-6-15-7-11-21-22(18(15)13-17)19-12-16(8-10-20(19)26-21)14-4-2-1-3-5-14/h1-13,24-25H.